The molecule has 1 unspecified atom stereocenters. The molecule has 0 fully saturated rings. The van der Waals surface area contributed by atoms with Crippen LogP contribution >= 0.6 is 0 Å². The summed E-state index contributed by atoms with van der Waals surface area (Å²) in [6, 6.07) is 0. The average molecular weight is 208 g/mol. The lowest BCUT2D eigenvalue weighted by Crippen LogP contribution is -2.18. The highest BCUT2D eigenvalue weighted by Gasteiger charge is 2.15. The third kappa shape index (κ3) is 6.47. The van der Waals surface area contributed by atoms with Crippen LogP contribution in [0.5, 0.6) is 0 Å². The van der Waals surface area contributed by atoms with Crippen molar-refractivity contribution < 1.29 is 9.90 Å². The van der Waals surface area contributed by atoms with Crippen molar-refractivity contribution in [1.29, 1.82) is 0 Å². The number of aliphatic hydroxyl groups is 1. The first-order chi connectivity index (χ1) is 7.26. The summed E-state index contributed by atoms with van der Waals surface area (Å²) < 4.78 is 0. The van der Waals surface area contributed by atoms with E-state index >= 15 is 0 Å². The molecule has 4 nitrogen and oxygen atoms in total. The molecule has 82 valence electrons. The Balaban J connectivity index is 4.29. The first-order valence-corrected chi connectivity index (χ1v) is 4.69. The number of Topliss-reactive ketones (excluding diaryl/α,β-unsaturated/α-hetero) is 1. The summed E-state index contributed by atoms with van der Waals surface area (Å²) in [6.45, 7) is 3.40. The van der Waals surface area contributed by atoms with Crippen LogP contribution in [0.4, 0.5) is 0 Å². The number of ketones is 1. The zero-order chi connectivity index (χ0) is 11.5. The number of rotatable bonds is 7. The Kier molecular flexibility index (Phi) is 8.02. The molecule has 0 heterocycles. The van der Waals surface area contributed by atoms with Crippen molar-refractivity contribution in [2.45, 2.75) is 12.8 Å². The van der Waals surface area contributed by atoms with E-state index in [0.717, 1.165) is 6.34 Å². The minimum atomic E-state index is -0.237. The monoisotopic (exact) mass is 208 g/mol. The summed E-state index contributed by atoms with van der Waals surface area (Å²) in [4.78, 5) is 15.2. The van der Waals surface area contributed by atoms with Gasteiger partial charge in [0.1, 0.15) is 0 Å². The second-order valence-corrected chi connectivity index (χ2v) is 2.93. The van der Waals surface area contributed by atoms with Crippen molar-refractivity contribution in [3.05, 3.63) is 24.1 Å². The van der Waals surface area contributed by atoms with Crippen molar-refractivity contribution in [2.24, 2.45) is 16.6 Å². The number of nitrogens with zero attached hydrogens (tertiary/aromatic N) is 1. The first kappa shape index (κ1) is 13.4. The molecule has 1 atom stereocenters. The zero-order valence-corrected chi connectivity index (χ0v) is 8.65. The van der Waals surface area contributed by atoms with E-state index in [1.165, 1.54) is 0 Å². The molecular weight excluding hydrogens is 192 g/mol. The van der Waals surface area contributed by atoms with E-state index in [-0.39, 0.29) is 24.9 Å². The van der Waals surface area contributed by atoms with Crippen LogP contribution in [0, 0.1) is 5.92 Å². The molecule has 15 heavy (non-hydrogen) atoms. The second-order valence-electron chi connectivity index (χ2n) is 2.93. The topological polar surface area (TPSA) is 75.7 Å². The number of carbonyl (C=O) groups is 1. The minimum Gasteiger partial charge on any atom is -0.396 e. The number of hydrogen-bond donors (Lipinski definition) is 2. The molecule has 0 radical (unpaired) electrons. The van der Waals surface area contributed by atoms with Crippen molar-refractivity contribution in [2.75, 3.05) is 13.2 Å². The third-order valence-electron chi connectivity index (χ3n) is 1.89. The summed E-state index contributed by atoms with van der Waals surface area (Å²) >= 11 is 0. The quantitative estimate of drug-likeness (QED) is 0.362. The highest BCUT2D eigenvalue weighted by Crippen LogP contribution is 2.10. The van der Waals surface area contributed by atoms with E-state index in [0.29, 0.717) is 12.8 Å². The maximum atomic E-state index is 11.5. The first-order valence-electron chi connectivity index (χ1n) is 4.69. The molecular formula is C11H16N2O2. The standard InChI is InChI=1S/C11H16N2O2/c1-2-3-4-5-10(6-7-14)11(15)8-13-9-12/h4,9-10,14H,1,5-8H2,(H2,12,13). The fourth-order valence-electron chi connectivity index (χ4n) is 1.11. The van der Waals surface area contributed by atoms with Gasteiger partial charge in [-0.15, -0.1) is 0 Å². The van der Waals surface area contributed by atoms with Gasteiger partial charge in [0, 0.05) is 12.5 Å². The number of hydrogen-bond acceptors (Lipinski definition) is 3. The predicted molar refractivity (Wildman–Crippen MR) is 59.6 cm³/mol. The van der Waals surface area contributed by atoms with Crippen molar-refractivity contribution in [3.63, 3.8) is 0 Å². The molecule has 0 saturated carbocycles. The summed E-state index contributed by atoms with van der Waals surface area (Å²) in [5, 5.41) is 8.79. The van der Waals surface area contributed by atoms with Crippen molar-refractivity contribution in [3.8, 4) is 0 Å². The smallest absolute Gasteiger partial charge is 0.157 e. The van der Waals surface area contributed by atoms with Crippen LogP contribution in [-0.4, -0.2) is 30.4 Å². The third-order valence-corrected chi connectivity index (χ3v) is 1.89. The van der Waals surface area contributed by atoms with Gasteiger partial charge in [0.25, 0.3) is 0 Å². The lowest BCUT2D eigenvalue weighted by Gasteiger charge is -2.09. The number of carbonyl (C=O) groups excluding carboxylic acids is 1. The van der Waals surface area contributed by atoms with Gasteiger partial charge in [-0.2, -0.15) is 0 Å². The second kappa shape index (κ2) is 8.97. The van der Waals surface area contributed by atoms with Gasteiger partial charge < -0.3 is 10.8 Å². The van der Waals surface area contributed by atoms with Gasteiger partial charge in [0.05, 0.1) is 12.9 Å². The summed E-state index contributed by atoms with van der Waals surface area (Å²) in [7, 11) is 0. The molecule has 0 aromatic carbocycles. The number of allylic oxidation sites excluding steroid dienone is 1. The molecule has 0 aliphatic carbocycles. The van der Waals surface area contributed by atoms with Crippen LogP contribution in [-0.2, 0) is 4.79 Å². The Labute approximate surface area is 89.5 Å². The maximum Gasteiger partial charge on any atom is 0.157 e. The fourth-order valence-corrected chi connectivity index (χ4v) is 1.11. The molecule has 0 bridgehead atoms. The lowest BCUT2D eigenvalue weighted by molar-refractivity contribution is -0.121. The minimum absolute atomic E-state index is 0.0195. The van der Waals surface area contributed by atoms with Gasteiger partial charge in [-0.25, -0.2) is 0 Å². The molecule has 3 N–H and O–H groups in total. The zero-order valence-electron chi connectivity index (χ0n) is 8.65. The van der Waals surface area contributed by atoms with Gasteiger partial charge in [-0.05, 0) is 25.5 Å². The van der Waals surface area contributed by atoms with Gasteiger partial charge in [-0.1, -0.05) is 11.5 Å². The molecule has 0 rings (SSSR count). The Hall–Kier alpha value is -1.60. The van der Waals surface area contributed by atoms with E-state index in [2.05, 4.69) is 23.0 Å². The van der Waals surface area contributed by atoms with E-state index in [4.69, 9.17) is 10.8 Å². The molecule has 0 aliphatic heterocycles. The highest BCUT2D eigenvalue weighted by atomic mass is 16.3. The molecule has 0 aromatic heterocycles. The van der Waals surface area contributed by atoms with Crippen LogP contribution in [0.25, 0.3) is 0 Å². The Morgan fingerprint density at radius 1 is 1.67 bits per heavy atom. The van der Waals surface area contributed by atoms with E-state index in [9.17, 15) is 4.79 Å². The molecule has 0 saturated heterocycles. The number of aliphatic hydroxyl groups excluding tert-OH is 1. The van der Waals surface area contributed by atoms with Crippen LogP contribution in [0.2, 0.25) is 0 Å². The van der Waals surface area contributed by atoms with Crippen LogP contribution in [0.3, 0.4) is 0 Å². The van der Waals surface area contributed by atoms with Gasteiger partial charge in [0.15, 0.2) is 5.78 Å². The van der Waals surface area contributed by atoms with Crippen LogP contribution in [0.1, 0.15) is 12.8 Å². The van der Waals surface area contributed by atoms with E-state index in [1.54, 1.807) is 6.08 Å². The number of nitrogens with two attached hydrogens (primary N) is 1. The molecule has 0 aromatic rings. The maximum absolute atomic E-state index is 11.5. The van der Waals surface area contributed by atoms with Crippen LogP contribution < -0.4 is 5.73 Å². The molecule has 0 spiro atoms. The van der Waals surface area contributed by atoms with Gasteiger partial charge in [-0.3, -0.25) is 9.79 Å². The van der Waals surface area contributed by atoms with Gasteiger partial charge in [0.2, 0.25) is 0 Å². The number of aliphatic imine (C=N–C) groups is 1. The van der Waals surface area contributed by atoms with E-state index < -0.39 is 0 Å². The Bertz CT molecular complexity index is 298. The molecule has 0 amide bonds. The largest absolute Gasteiger partial charge is 0.396 e. The summed E-state index contributed by atoms with van der Waals surface area (Å²) in [5.41, 5.74) is 10.2. The van der Waals surface area contributed by atoms with Crippen molar-refractivity contribution >= 4 is 12.1 Å². The lowest BCUT2D eigenvalue weighted by atomic mass is 9.96. The normalized spacial score (nSPS) is 11.8. The molecule has 4 heteroatoms. The molecule has 0 aliphatic rings. The van der Waals surface area contributed by atoms with Gasteiger partial charge >= 0.3 is 0 Å². The van der Waals surface area contributed by atoms with Crippen molar-refractivity contribution in [1.82, 2.24) is 0 Å². The Morgan fingerprint density at radius 3 is 2.93 bits per heavy atom. The average Bonchev–Trinajstić information content (AvgIpc) is 2.25. The van der Waals surface area contributed by atoms with E-state index in [1.807, 2.05) is 0 Å². The Morgan fingerprint density at radius 2 is 2.40 bits per heavy atom. The summed E-state index contributed by atoms with van der Waals surface area (Å²) in [6.07, 6.45) is 3.72. The van der Waals surface area contributed by atoms with Crippen LogP contribution in [0.15, 0.2) is 29.1 Å². The predicted octanol–water partition coefficient (Wildman–Crippen LogP) is 0.427. The summed E-state index contributed by atoms with van der Waals surface area (Å²) in [5.74, 6) is -0.271. The SMILES string of the molecule is C=C=C=CCC(CCO)C(=O)CN=CN. The fraction of sp³-hybridized carbons (Fsp3) is 0.455. The highest BCUT2D eigenvalue weighted by molar-refractivity contribution is 5.84.